The Hall–Kier alpha value is -1.33. The number of aliphatic hydroxyl groups excluding tert-OH is 1. The van der Waals surface area contributed by atoms with Gasteiger partial charge in [0, 0.05) is 5.39 Å². The average Bonchev–Trinajstić information content (AvgIpc) is 2.73. The van der Waals surface area contributed by atoms with Crippen LogP contribution in [0.5, 0.6) is 0 Å². The average molecular weight is 313 g/mol. The van der Waals surface area contributed by atoms with Crippen LogP contribution >= 0.6 is 15.9 Å². The van der Waals surface area contributed by atoms with Crippen LogP contribution in [-0.4, -0.2) is 18.2 Å². The summed E-state index contributed by atoms with van der Waals surface area (Å²) in [5.74, 6) is 0.00634. The van der Waals surface area contributed by atoms with Crippen molar-refractivity contribution in [3.63, 3.8) is 0 Å². The second kappa shape index (κ2) is 5.12. The summed E-state index contributed by atoms with van der Waals surface area (Å²) in [6.07, 6.45) is 0.715. The SMILES string of the molecule is CCc1ccc2oc(CO)c(Br)c2c1C(=O)OC. The lowest BCUT2D eigenvalue weighted by atomic mass is 10.0. The zero-order chi connectivity index (χ0) is 13.3. The highest BCUT2D eigenvalue weighted by Crippen LogP contribution is 2.35. The molecule has 0 aliphatic rings. The van der Waals surface area contributed by atoms with Crippen LogP contribution in [0.3, 0.4) is 0 Å². The first-order valence-electron chi connectivity index (χ1n) is 5.55. The van der Waals surface area contributed by atoms with E-state index in [-0.39, 0.29) is 6.61 Å². The summed E-state index contributed by atoms with van der Waals surface area (Å²) in [7, 11) is 1.35. The van der Waals surface area contributed by atoms with E-state index < -0.39 is 5.97 Å². The monoisotopic (exact) mass is 312 g/mol. The number of rotatable bonds is 3. The Morgan fingerprint density at radius 1 is 1.50 bits per heavy atom. The number of aryl methyl sites for hydroxylation is 1. The van der Waals surface area contributed by atoms with E-state index in [1.54, 1.807) is 6.07 Å². The standard InChI is InChI=1S/C13H13BrO4/c1-3-7-4-5-8-11(10(7)13(16)17-2)12(14)9(6-15)18-8/h4-5,15H,3,6H2,1-2H3. The Labute approximate surface area is 113 Å². The van der Waals surface area contributed by atoms with Gasteiger partial charge in [-0.1, -0.05) is 13.0 Å². The molecule has 18 heavy (non-hydrogen) atoms. The van der Waals surface area contributed by atoms with Crippen molar-refractivity contribution < 1.29 is 19.1 Å². The van der Waals surface area contributed by atoms with Crippen molar-refractivity contribution in [2.24, 2.45) is 0 Å². The van der Waals surface area contributed by atoms with E-state index >= 15 is 0 Å². The quantitative estimate of drug-likeness (QED) is 0.885. The summed E-state index contributed by atoms with van der Waals surface area (Å²) in [6.45, 7) is 1.74. The summed E-state index contributed by atoms with van der Waals surface area (Å²) in [5.41, 5.74) is 1.94. The van der Waals surface area contributed by atoms with Gasteiger partial charge in [0.1, 0.15) is 18.0 Å². The predicted octanol–water partition coefficient (Wildman–Crippen LogP) is 3.04. The molecule has 0 amide bonds. The van der Waals surface area contributed by atoms with Gasteiger partial charge < -0.3 is 14.3 Å². The summed E-state index contributed by atoms with van der Waals surface area (Å²) >= 11 is 3.36. The van der Waals surface area contributed by atoms with Crippen molar-refractivity contribution in [2.45, 2.75) is 20.0 Å². The number of benzene rings is 1. The summed E-state index contributed by atoms with van der Waals surface area (Å²) in [5, 5.41) is 9.85. The minimum Gasteiger partial charge on any atom is -0.465 e. The van der Waals surface area contributed by atoms with Crippen molar-refractivity contribution in [2.75, 3.05) is 7.11 Å². The molecule has 2 rings (SSSR count). The first-order valence-corrected chi connectivity index (χ1v) is 6.35. The van der Waals surface area contributed by atoms with Crippen LogP contribution in [0.15, 0.2) is 21.0 Å². The smallest absolute Gasteiger partial charge is 0.338 e. The molecule has 0 atom stereocenters. The molecule has 0 radical (unpaired) electrons. The molecule has 5 heteroatoms. The normalized spacial score (nSPS) is 10.9. The molecule has 0 aliphatic heterocycles. The molecule has 1 N–H and O–H groups in total. The van der Waals surface area contributed by atoms with Crippen LogP contribution in [0.2, 0.25) is 0 Å². The molecule has 0 spiro atoms. The van der Waals surface area contributed by atoms with E-state index in [0.29, 0.717) is 33.2 Å². The number of carbonyl (C=O) groups is 1. The van der Waals surface area contributed by atoms with Crippen molar-refractivity contribution in [1.29, 1.82) is 0 Å². The minimum atomic E-state index is -0.400. The van der Waals surface area contributed by atoms with Gasteiger partial charge in [0.15, 0.2) is 0 Å². The van der Waals surface area contributed by atoms with Gasteiger partial charge in [-0.2, -0.15) is 0 Å². The minimum absolute atomic E-state index is 0.225. The molecule has 4 nitrogen and oxygen atoms in total. The molecular weight excluding hydrogens is 300 g/mol. The maximum Gasteiger partial charge on any atom is 0.338 e. The van der Waals surface area contributed by atoms with Crippen LogP contribution in [-0.2, 0) is 17.8 Å². The van der Waals surface area contributed by atoms with Crippen molar-refractivity contribution in [3.8, 4) is 0 Å². The van der Waals surface area contributed by atoms with E-state index in [1.165, 1.54) is 7.11 Å². The Morgan fingerprint density at radius 2 is 2.22 bits per heavy atom. The number of halogens is 1. The lowest BCUT2D eigenvalue weighted by Gasteiger charge is -2.07. The van der Waals surface area contributed by atoms with Gasteiger partial charge in [0.2, 0.25) is 0 Å². The van der Waals surface area contributed by atoms with Crippen LogP contribution in [0.4, 0.5) is 0 Å². The molecule has 1 heterocycles. The van der Waals surface area contributed by atoms with Crippen LogP contribution in [0.1, 0.15) is 28.6 Å². The summed E-state index contributed by atoms with van der Waals surface area (Å²) in [6, 6.07) is 3.64. The largest absolute Gasteiger partial charge is 0.465 e. The Balaban J connectivity index is 2.84. The predicted molar refractivity (Wildman–Crippen MR) is 70.6 cm³/mol. The number of methoxy groups -OCH3 is 1. The van der Waals surface area contributed by atoms with Gasteiger partial charge in [0.05, 0.1) is 17.1 Å². The molecule has 1 aromatic carbocycles. The van der Waals surface area contributed by atoms with Crippen molar-refractivity contribution in [1.82, 2.24) is 0 Å². The molecule has 0 unspecified atom stereocenters. The van der Waals surface area contributed by atoms with Gasteiger partial charge in [-0.25, -0.2) is 4.79 Å². The number of esters is 1. The molecular formula is C13H13BrO4. The van der Waals surface area contributed by atoms with Crippen molar-refractivity contribution in [3.05, 3.63) is 33.5 Å². The highest BCUT2D eigenvalue weighted by molar-refractivity contribution is 9.10. The van der Waals surface area contributed by atoms with E-state index in [4.69, 9.17) is 9.15 Å². The highest BCUT2D eigenvalue weighted by Gasteiger charge is 2.22. The number of fused-ring (bicyclic) bond motifs is 1. The molecule has 1 aromatic heterocycles. The van der Waals surface area contributed by atoms with Gasteiger partial charge in [-0.15, -0.1) is 0 Å². The lowest BCUT2D eigenvalue weighted by molar-refractivity contribution is 0.0601. The summed E-state index contributed by atoms with van der Waals surface area (Å²) < 4.78 is 10.9. The Bertz CT molecular complexity index is 601. The molecule has 0 saturated heterocycles. The van der Waals surface area contributed by atoms with E-state index in [1.807, 2.05) is 13.0 Å². The fourth-order valence-electron chi connectivity index (χ4n) is 1.98. The zero-order valence-electron chi connectivity index (χ0n) is 10.1. The highest BCUT2D eigenvalue weighted by atomic mass is 79.9. The number of ether oxygens (including phenoxy) is 1. The third-order valence-electron chi connectivity index (χ3n) is 2.86. The number of hydrogen-bond acceptors (Lipinski definition) is 4. The van der Waals surface area contributed by atoms with Gasteiger partial charge in [-0.3, -0.25) is 0 Å². The first-order chi connectivity index (χ1) is 8.63. The molecule has 0 fully saturated rings. The van der Waals surface area contributed by atoms with Gasteiger partial charge >= 0.3 is 5.97 Å². The van der Waals surface area contributed by atoms with Crippen LogP contribution in [0.25, 0.3) is 11.0 Å². The first kappa shape index (κ1) is 13.1. The number of furan rings is 1. The third-order valence-corrected chi connectivity index (χ3v) is 3.70. The third kappa shape index (κ3) is 1.93. The second-order valence-electron chi connectivity index (χ2n) is 3.82. The molecule has 0 bridgehead atoms. The molecule has 0 saturated carbocycles. The maximum atomic E-state index is 11.9. The molecule has 0 aliphatic carbocycles. The fraction of sp³-hybridized carbons (Fsp3) is 0.308. The van der Waals surface area contributed by atoms with E-state index in [2.05, 4.69) is 15.9 Å². The van der Waals surface area contributed by atoms with Crippen LogP contribution < -0.4 is 0 Å². The molecule has 96 valence electrons. The van der Waals surface area contributed by atoms with Gasteiger partial charge in [-0.05, 0) is 34.0 Å². The topological polar surface area (TPSA) is 59.7 Å². The maximum absolute atomic E-state index is 11.9. The number of hydrogen-bond donors (Lipinski definition) is 1. The van der Waals surface area contributed by atoms with Crippen molar-refractivity contribution >= 4 is 32.9 Å². The van der Waals surface area contributed by atoms with E-state index in [9.17, 15) is 9.90 Å². The summed E-state index contributed by atoms with van der Waals surface area (Å²) in [4.78, 5) is 11.9. The molecule has 2 aromatic rings. The van der Waals surface area contributed by atoms with E-state index in [0.717, 1.165) is 5.56 Å². The van der Waals surface area contributed by atoms with Crippen LogP contribution in [0, 0.1) is 0 Å². The number of aliphatic hydroxyl groups is 1. The Morgan fingerprint density at radius 3 is 2.78 bits per heavy atom. The lowest BCUT2D eigenvalue weighted by Crippen LogP contribution is -2.06. The Kier molecular flexibility index (Phi) is 3.73. The number of carbonyl (C=O) groups excluding carboxylic acids is 1. The second-order valence-corrected chi connectivity index (χ2v) is 4.61. The zero-order valence-corrected chi connectivity index (χ0v) is 11.7. The fourth-order valence-corrected chi connectivity index (χ4v) is 2.58. The van der Waals surface area contributed by atoms with Gasteiger partial charge in [0.25, 0.3) is 0 Å².